The third kappa shape index (κ3) is 2.74. The summed E-state index contributed by atoms with van der Waals surface area (Å²) in [5.74, 6) is 0.601. The van der Waals surface area contributed by atoms with Crippen LogP contribution in [0.15, 0.2) is 39.2 Å². The Morgan fingerprint density at radius 3 is 2.77 bits per heavy atom. The summed E-state index contributed by atoms with van der Waals surface area (Å²) < 4.78 is 4.28. The summed E-state index contributed by atoms with van der Waals surface area (Å²) in [5, 5.41) is 9.52. The monoisotopic (exact) mass is 330 g/mol. The van der Waals surface area contributed by atoms with Gasteiger partial charge in [0.05, 0.1) is 17.5 Å². The van der Waals surface area contributed by atoms with Gasteiger partial charge in [-0.15, -0.1) is 0 Å². The minimum Gasteiger partial charge on any atom is -0.283 e. The molecule has 0 unspecified atom stereocenters. The minimum absolute atomic E-state index is 0.139. The Morgan fingerprint density at radius 2 is 2.09 bits per heavy atom. The van der Waals surface area contributed by atoms with Crippen LogP contribution in [0.1, 0.15) is 18.1 Å². The van der Waals surface area contributed by atoms with Crippen LogP contribution in [0.4, 0.5) is 0 Å². The number of benzene rings is 1. The van der Waals surface area contributed by atoms with Crippen molar-refractivity contribution in [2.75, 3.05) is 5.75 Å². The number of fused-ring (bicyclic) bond motifs is 1. The number of carbonyl (C=O) groups excluding carboxylic acids is 1. The van der Waals surface area contributed by atoms with Gasteiger partial charge in [0.15, 0.2) is 5.17 Å². The van der Waals surface area contributed by atoms with Gasteiger partial charge < -0.3 is 0 Å². The number of amidine groups is 3. The van der Waals surface area contributed by atoms with E-state index in [-0.39, 0.29) is 11.7 Å². The first-order chi connectivity index (χ1) is 10.6. The number of aryl methyl sites for hydroxylation is 1. The van der Waals surface area contributed by atoms with Crippen LogP contribution in [-0.2, 0) is 4.79 Å². The molecule has 1 aromatic rings. The average molecular weight is 330 g/mol. The third-order valence-corrected chi connectivity index (χ3v) is 4.79. The third-order valence-electron chi connectivity index (χ3n) is 3.16. The van der Waals surface area contributed by atoms with E-state index in [9.17, 15) is 4.79 Å². The van der Waals surface area contributed by atoms with Gasteiger partial charge in [-0.1, -0.05) is 48.5 Å². The minimum atomic E-state index is -0.387. The summed E-state index contributed by atoms with van der Waals surface area (Å²) in [5.41, 5.74) is 2.32. The van der Waals surface area contributed by atoms with Crippen LogP contribution < -0.4 is 0 Å². The largest absolute Gasteiger partial charge is 0.283 e. The van der Waals surface area contributed by atoms with Crippen molar-refractivity contribution in [1.29, 1.82) is 5.41 Å². The molecule has 0 radical (unpaired) electrons. The van der Waals surface area contributed by atoms with Crippen molar-refractivity contribution in [2.24, 2.45) is 9.39 Å². The first kappa shape index (κ1) is 15.1. The highest BCUT2D eigenvalue weighted by atomic mass is 32.2. The molecule has 112 valence electrons. The highest BCUT2D eigenvalue weighted by Gasteiger charge is 2.37. The molecule has 0 saturated carbocycles. The lowest BCUT2D eigenvalue weighted by Gasteiger charge is -2.24. The van der Waals surface area contributed by atoms with Gasteiger partial charge in [-0.05, 0) is 24.3 Å². The summed E-state index contributed by atoms with van der Waals surface area (Å²) >= 11 is 2.68. The Morgan fingerprint density at radius 1 is 1.36 bits per heavy atom. The SMILES string of the molecule is CCSC1=NSC2=NC(=O)C(=Cc3ccc(C)cc3)C(=N)N12. The van der Waals surface area contributed by atoms with Crippen molar-refractivity contribution in [3.8, 4) is 0 Å². The molecule has 0 fully saturated rings. The van der Waals surface area contributed by atoms with E-state index < -0.39 is 0 Å². The zero-order chi connectivity index (χ0) is 15.7. The lowest BCUT2D eigenvalue weighted by Crippen LogP contribution is -2.41. The van der Waals surface area contributed by atoms with E-state index in [4.69, 9.17) is 5.41 Å². The number of hydrogen-bond donors (Lipinski definition) is 1. The molecule has 1 amide bonds. The zero-order valence-electron chi connectivity index (χ0n) is 12.2. The Kier molecular flexibility index (Phi) is 4.17. The van der Waals surface area contributed by atoms with E-state index in [0.717, 1.165) is 28.8 Å². The Balaban J connectivity index is 1.97. The van der Waals surface area contributed by atoms with Crippen LogP contribution in [0, 0.1) is 12.3 Å². The molecule has 2 heterocycles. The molecule has 0 bridgehead atoms. The molecule has 0 spiro atoms. The lowest BCUT2D eigenvalue weighted by atomic mass is 10.1. The van der Waals surface area contributed by atoms with Gasteiger partial charge >= 0.3 is 0 Å². The van der Waals surface area contributed by atoms with Crippen LogP contribution >= 0.6 is 23.7 Å². The summed E-state index contributed by atoms with van der Waals surface area (Å²) in [7, 11) is 0. The molecule has 0 atom stereocenters. The van der Waals surface area contributed by atoms with E-state index in [2.05, 4.69) is 9.39 Å². The molecule has 5 nitrogen and oxygen atoms in total. The van der Waals surface area contributed by atoms with E-state index in [1.807, 2.05) is 38.1 Å². The van der Waals surface area contributed by atoms with E-state index in [1.54, 1.807) is 11.0 Å². The number of thioether (sulfide) groups is 1. The van der Waals surface area contributed by atoms with Crippen molar-refractivity contribution < 1.29 is 4.79 Å². The summed E-state index contributed by atoms with van der Waals surface area (Å²) in [6, 6.07) is 7.81. The maximum absolute atomic E-state index is 12.2. The highest BCUT2D eigenvalue weighted by Crippen LogP contribution is 2.31. The van der Waals surface area contributed by atoms with E-state index in [0.29, 0.717) is 15.9 Å². The first-order valence-corrected chi connectivity index (χ1v) is 8.54. The number of nitrogens with zero attached hydrogens (tertiary/aromatic N) is 3. The van der Waals surface area contributed by atoms with E-state index >= 15 is 0 Å². The van der Waals surface area contributed by atoms with Crippen molar-refractivity contribution in [3.05, 3.63) is 41.0 Å². The van der Waals surface area contributed by atoms with Crippen LogP contribution in [0.5, 0.6) is 0 Å². The van der Waals surface area contributed by atoms with Gasteiger partial charge in [0, 0.05) is 0 Å². The lowest BCUT2D eigenvalue weighted by molar-refractivity contribution is -0.114. The normalized spacial score (nSPS) is 19.4. The van der Waals surface area contributed by atoms with Gasteiger partial charge in [0.1, 0.15) is 5.84 Å². The van der Waals surface area contributed by atoms with Gasteiger partial charge in [-0.2, -0.15) is 9.39 Å². The predicted octanol–water partition coefficient (Wildman–Crippen LogP) is 3.32. The Hall–Kier alpha value is -1.86. The molecular weight excluding hydrogens is 316 g/mol. The second-order valence-electron chi connectivity index (χ2n) is 4.75. The van der Waals surface area contributed by atoms with Gasteiger partial charge in [0.2, 0.25) is 5.17 Å². The summed E-state index contributed by atoms with van der Waals surface area (Å²) in [6.45, 7) is 4.03. The fourth-order valence-corrected chi connectivity index (χ4v) is 3.62. The number of amides is 1. The maximum Gasteiger partial charge on any atom is 0.283 e. The van der Waals surface area contributed by atoms with Gasteiger partial charge in [0.25, 0.3) is 5.91 Å². The Labute approximate surface area is 137 Å². The molecule has 2 aliphatic rings. The molecule has 7 heteroatoms. The molecule has 0 aliphatic carbocycles. The number of aliphatic imine (C=N–C) groups is 1. The molecular formula is C15H14N4OS2. The molecule has 3 rings (SSSR count). The predicted molar refractivity (Wildman–Crippen MR) is 94.3 cm³/mol. The van der Waals surface area contributed by atoms with Gasteiger partial charge in [-0.3, -0.25) is 10.2 Å². The van der Waals surface area contributed by atoms with Crippen molar-refractivity contribution >= 4 is 51.9 Å². The molecule has 0 aromatic heterocycles. The smallest absolute Gasteiger partial charge is 0.283 e. The van der Waals surface area contributed by atoms with Crippen molar-refractivity contribution in [3.63, 3.8) is 0 Å². The van der Waals surface area contributed by atoms with Crippen LogP contribution in [0.3, 0.4) is 0 Å². The van der Waals surface area contributed by atoms with Crippen LogP contribution in [0.2, 0.25) is 0 Å². The summed E-state index contributed by atoms with van der Waals surface area (Å²) in [6.07, 6.45) is 1.71. The molecule has 2 aliphatic heterocycles. The summed E-state index contributed by atoms with van der Waals surface area (Å²) in [4.78, 5) is 17.9. The fourth-order valence-electron chi connectivity index (χ4n) is 2.05. The molecule has 0 saturated heterocycles. The standard InChI is InChI=1S/C15H14N4OS2/c1-3-21-15-18-22-14-17-13(20)11(12(16)19(14)15)8-10-6-4-9(2)5-7-10/h4-8,16H,3H2,1-2H3. The van der Waals surface area contributed by atoms with Crippen LogP contribution in [-0.4, -0.2) is 32.7 Å². The zero-order valence-corrected chi connectivity index (χ0v) is 13.8. The van der Waals surface area contributed by atoms with Crippen molar-refractivity contribution in [2.45, 2.75) is 13.8 Å². The maximum atomic E-state index is 12.2. The second-order valence-corrected chi connectivity index (χ2v) is 6.71. The van der Waals surface area contributed by atoms with E-state index in [1.165, 1.54) is 11.8 Å². The first-order valence-electron chi connectivity index (χ1n) is 6.78. The van der Waals surface area contributed by atoms with Crippen molar-refractivity contribution in [1.82, 2.24) is 4.90 Å². The highest BCUT2D eigenvalue weighted by molar-refractivity contribution is 8.19. The molecule has 1 N–H and O–H groups in total. The Bertz CT molecular complexity index is 734. The number of carbonyl (C=O) groups is 1. The number of hydrogen-bond acceptors (Lipinski definition) is 5. The second kappa shape index (κ2) is 6.10. The number of nitrogens with one attached hydrogen (secondary N) is 1. The van der Waals surface area contributed by atoms with Gasteiger partial charge in [-0.25, -0.2) is 4.90 Å². The number of rotatable bonds is 2. The molecule has 1 aromatic carbocycles. The topological polar surface area (TPSA) is 68.9 Å². The average Bonchev–Trinajstić information content (AvgIpc) is 2.89. The van der Waals surface area contributed by atoms with Crippen LogP contribution in [0.25, 0.3) is 6.08 Å². The fraction of sp³-hybridized carbons (Fsp3) is 0.200. The quantitative estimate of drug-likeness (QED) is 0.667. The molecule has 22 heavy (non-hydrogen) atoms.